The number of hydrogen-bond donors (Lipinski definition) is 1. The molecule has 2 aromatic carbocycles. The summed E-state index contributed by atoms with van der Waals surface area (Å²) in [7, 11) is 0. The Morgan fingerprint density at radius 1 is 1.09 bits per heavy atom. The smallest absolute Gasteiger partial charge is 0.240 e. The minimum absolute atomic E-state index is 0.0398. The zero-order chi connectivity index (χ0) is 15.4. The lowest BCUT2D eigenvalue weighted by atomic mass is 10.2. The monoisotopic (exact) mass is 295 g/mol. The Balaban J connectivity index is 1.90. The lowest BCUT2D eigenvalue weighted by molar-refractivity contribution is 0.275. The van der Waals surface area contributed by atoms with Crippen molar-refractivity contribution in [3.8, 4) is 5.88 Å². The summed E-state index contributed by atoms with van der Waals surface area (Å²) >= 11 is 0. The van der Waals surface area contributed by atoms with Gasteiger partial charge in [-0.15, -0.1) is 5.10 Å². The van der Waals surface area contributed by atoms with Gasteiger partial charge in [0, 0.05) is 6.04 Å². The summed E-state index contributed by atoms with van der Waals surface area (Å²) in [6.07, 6.45) is 0.892. The minimum atomic E-state index is 0.0398. The molecule has 0 amide bonds. The van der Waals surface area contributed by atoms with E-state index >= 15 is 0 Å². The van der Waals surface area contributed by atoms with Gasteiger partial charge < -0.3 is 10.5 Å². The highest BCUT2D eigenvalue weighted by Crippen LogP contribution is 2.25. The Labute approximate surface area is 130 Å². The predicted molar refractivity (Wildman–Crippen MR) is 89.0 cm³/mol. The third-order valence-electron chi connectivity index (χ3n) is 3.76. The van der Waals surface area contributed by atoms with E-state index in [1.165, 1.54) is 5.56 Å². The molecule has 4 nitrogen and oxygen atoms in total. The van der Waals surface area contributed by atoms with Crippen molar-refractivity contribution in [1.82, 2.24) is 9.78 Å². The summed E-state index contributed by atoms with van der Waals surface area (Å²) in [6, 6.07) is 18.5. The molecule has 1 atom stereocenters. The largest absolute Gasteiger partial charge is 0.475 e. The first kappa shape index (κ1) is 14.6. The van der Waals surface area contributed by atoms with Crippen LogP contribution in [-0.2, 0) is 6.54 Å². The quantitative estimate of drug-likeness (QED) is 0.760. The van der Waals surface area contributed by atoms with Gasteiger partial charge in [0.1, 0.15) is 6.61 Å². The summed E-state index contributed by atoms with van der Waals surface area (Å²) in [4.78, 5) is 0. The van der Waals surface area contributed by atoms with E-state index < -0.39 is 0 Å². The van der Waals surface area contributed by atoms with Gasteiger partial charge in [0.2, 0.25) is 5.88 Å². The Morgan fingerprint density at radius 3 is 2.59 bits per heavy atom. The Kier molecular flexibility index (Phi) is 4.39. The molecule has 1 heterocycles. The molecule has 0 fully saturated rings. The molecular weight excluding hydrogens is 274 g/mol. The van der Waals surface area contributed by atoms with Gasteiger partial charge in [-0.25, -0.2) is 0 Å². The summed E-state index contributed by atoms with van der Waals surface area (Å²) < 4.78 is 7.82. The fourth-order valence-electron chi connectivity index (χ4n) is 2.38. The van der Waals surface area contributed by atoms with Gasteiger partial charge >= 0.3 is 0 Å². The van der Waals surface area contributed by atoms with Crippen LogP contribution < -0.4 is 10.5 Å². The fourth-order valence-corrected chi connectivity index (χ4v) is 2.38. The van der Waals surface area contributed by atoms with Crippen molar-refractivity contribution in [3.05, 3.63) is 60.2 Å². The van der Waals surface area contributed by atoms with Crippen LogP contribution in [0.2, 0.25) is 0 Å². The van der Waals surface area contributed by atoms with Crippen LogP contribution in [0.25, 0.3) is 10.9 Å². The van der Waals surface area contributed by atoms with E-state index in [-0.39, 0.29) is 6.04 Å². The highest BCUT2D eigenvalue weighted by molar-refractivity contribution is 5.84. The molecular formula is C18H21N3O. The lowest BCUT2D eigenvalue weighted by Crippen LogP contribution is -2.26. The van der Waals surface area contributed by atoms with Gasteiger partial charge in [0.25, 0.3) is 0 Å². The molecule has 0 saturated heterocycles. The first-order chi connectivity index (χ1) is 10.8. The Morgan fingerprint density at radius 2 is 1.82 bits per heavy atom. The molecule has 0 bridgehead atoms. The van der Waals surface area contributed by atoms with Crippen molar-refractivity contribution in [2.45, 2.75) is 25.9 Å². The third kappa shape index (κ3) is 3.12. The van der Waals surface area contributed by atoms with Gasteiger partial charge in [-0.2, -0.15) is 0 Å². The van der Waals surface area contributed by atoms with Crippen molar-refractivity contribution in [2.24, 2.45) is 5.73 Å². The molecule has 1 unspecified atom stereocenters. The highest BCUT2D eigenvalue weighted by atomic mass is 16.5. The van der Waals surface area contributed by atoms with Gasteiger partial charge in [0.05, 0.1) is 17.4 Å². The number of nitrogens with zero attached hydrogens (tertiary/aromatic N) is 2. The topological polar surface area (TPSA) is 53.1 Å². The Bertz CT molecular complexity index is 736. The van der Waals surface area contributed by atoms with Crippen molar-refractivity contribution >= 4 is 10.9 Å². The second-order valence-electron chi connectivity index (χ2n) is 5.44. The average Bonchev–Trinajstić information content (AvgIpc) is 2.92. The van der Waals surface area contributed by atoms with Gasteiger partial charge in [-0.3, -0.25) is 4.68 Å². The number of benzene rings is 2. The van der Waals surface area contributed by atoms with Gasteiger partial charge in [0.15, 0.2) is 0 Å². The van der Waals surface area contributed by atoms with Crippen LogP contribution in [-0.4, -0.2) is 22.4 Å². The van der Waals surface area contributed by atoms with E-state index in [9.17, 15) is 0 Å². The number of ether oxygens (including phenoxy) is 1. The molecule has 22 heavy (non-hydrogen) atoms. The lowest BCUT2D eigenvalue weighted by Gasteiger charge is -2.08. The third-order valence-corrected chi connectivity index (χ3v) is 3.76. The Hall–Kier alpha value is -2.33. The van der Waals surface area contributed by atoms with E-state index in [4.69, 9.17) is 10.5 Å². The molecule has 0 aliphatic heterocycles. The number of aromatic nitrogens is 2. The maximum Gasteiger partial charge on any atom is 0.240 e. The van der Waals surface area contributed by atoms with Crippen molar-refractivity contribution < 1.29 is 4.74 Å². The van der Waals surface area contributed by atoms with Crippen molar-refractivity contribution in [3.63, 3.8) is 0 Å². The van der Waals surface area contributed by atoms with E-state index in [1.54, 1.807) is 0 Å². The summed E-state index contributed by atoms with van der Waals surface area (Å²) in [5, 5.41) is 5.66. The number of hydrogen-bond acceptors (Lipinski definition) is 3. The summed E-state index contributed by atoms with van der Waals surface area (Å²) in [5.74, 6) is 0.662. The molecule has 0 aliphatic rings. The second-order valence-corrected chi connectivity index (χ2v) is 5.44. The first-order valence-electron chi connectivity index (χ1n) is 7.65. The first-order valence-corrected chi connectivity index (χ1v) is 7.65. The minimum Gasteiger partial charge on any atom is -0.475 e. The predicted octanol–water partition coefficient (Wildman–Crippen LogP) is 3.20. The van der Waals surface area contributed by atoms with Crippen molar-refractivity contribution in [2.75, 3.05) is 6.61 Å². The molecule has 3 rings (SSSR count). The highest BCUT2D eigenvalue weighted by Gasteiger charge is 2.12. The summed E-state index contributed by atoms with van der Waals surface area (Å²) in [6.45, 7) is 3.27. The standard InChI is InChI=1S/C18H21N3O/c1-2-15(19)13-22-18-16-10-6-7-11-17(16)21(20-18)12-14-8-4-3-5-9-14/h3-11,15H,2,12-13,19H2,1H3. The summed E-state index contributed by atoms with van der Waals surface area (Å²) in [5.41, 5.74) is 8.23. The molecule has 0 aliphatic carbocycles. The van der Waals surface area contributed by atoms with Crippen LogP contribution in [0.15, 0.2) is 54.6 Å². The van der Waals surface area contributed by atoms with Crippen LogP contribution in [0.5, 0.6) is 5.88 Å². The molecule has 1 aromatic heterocycles. The SMILES string of the molecule is CCC(N)COc1nn(Cc2ccccc2)c2ccccc12. The second kappa shape index (κ2) is 6.62. The van der Waals surface area contributed by atoms with Crippen LogP contribution in [0.4, 0.5) is 0 Å². The van der Waals surface area contributed by atoms with E-state index in [1.807, 2.05) is 41.1 Å². The molecule has 114 valence electrons. The normalized spacial score (nSPS) is 12.5. The van der Waals surface area contributed by atoms with E-state index in [0.29, 0.717) is 12.5 Å². The van der Waals surface area contributed by atoms with E-state index in [2.05, 4.69) is 30.2 Å². The maximum absolute atomic E-state index is 5.94. The van der Waals surface area contributed by atoms with Crippen molar-refractivity contribution in [1.29, 1.82) is 0 Å². The van der Waals surface area contributed by atoms with E-state index in [0.717, 1.165) is 23.9 Å². The molecule has 2 N–H and O–H groups in total. The molecule has 0 spiro atoms. The van der Waals surface area contributed by atoms with Gasteiger partial charge in [-0.1, -0.05) is 49.4 Å². The zero-order valence-electron chi connectivity index (χ0n) is 12.8. The van der Waals surface area contributed by atoms with Gasteiger partial charge in [-0.05, 0) is 24.1 Å². The van der Waals surface area contributed by atoms with Crippen LogP contribution in [0, 0.1) is 0 Å². The van der Waals surface area contributed by atoms with Crippen LogP contribution in [0.3, 0.4) is 0 Å². The number of nitrogens with two attached hydrogens (primary N) is 1. The number of para-hydroxylation sites is 1. The number of rotatable bonds is 6. The average molecular weight is 295 g/mol. The number of fused-ring (bicyclic) bond motifs is 1. The molecule has 0 saturated carbocycles. The molecule has 3 aromatic rings. The maximum atomic E-state index is 5.94. The molecule has 0 radical (unpaired) electrons. The molecule has 4 heteroatoms. The fraction of sp³-hybridized carbons (Fsp3) is 0.278. The zero-order valence-corrected chi connectivity index (χ0v) is 12.8. The van der Waals surface area contributed by atoms with Crippen LogP contribution in [0.1, 0.15) is 18.9 Å². The van der Waals surface area contributed by atoms with Crippen LogP contribution >= 0.6 is 0 Å².